The van der Waals surface area contributed by atoms with Gasteiger partial charge in [0.2, 0.25) is 0 Å². The van der Waals surface area contributed by atoms with Crippen LogP contribution >= 0.6 is 0 Å². The molecule has 1 unspecified atom stereocenters. The van der Waals surface area contributed by atoms with Crippen LogP contribution in [-0.2, 0) is 4.79 Å². The van der Waals surface area contributed by atoms with Gasteiger partial charge in [-0.15, -0.1) is 6.58 Å². The number of nitrogens with one attached hydrogen (secondary N) is 1. The zero-order valence-electron chi connectivity index (χ0n) is 10.6. The second kappa shape index (κ2) is 6.59. The first-order chi connectivity index (χ1) is 8.60. The highest BCUT2D eigenvalue weighted by molar-refractivity contribution is 5.83. The van der Waals surface area contributed by atoms with E-state index in [2.05, 4.69) is 11.9 Å². The van der Waals surface area contributed by atoms with Gasteiger partial charge >= 0.3 is 0 Å². The van der Waals surface area contributed by atoms with Crippen molar-refractivity contribution in [1.29, 1.82) is 0 Å². The highest BCUT2D eigenvalue weighted by Gasteiger charge is 2.16. The first kappa shape index (κ1) is 14.0. The van der Waals surface area contributed by atoms with Crippen molar-refractivity contribution >= 4 is 12.2 Å². The van der Waals surface area contributed by atoms with Crippen LogP contribution in [0.25, 0.3) is 0 Å². The SMILES string of the molecule is C=CCNC(=O)C(C)Oc1c(C)cccc1C=O. The monoisotopic (exact) mass is 247 g/mol. The van der Waals surface area contributed by atoms with Crippen molar-refractivity contribution < 1.29 is 14.3 Å². The Hall–Kier alpha value is -2.10. The van der Waals surface area contributed by atoms with Crippen molar-refractivity contribution in [2.45, 2.75) is 20.0 Å². The smallest absolute Gasteiger partial charge is 0.261 e. The van der Waals surface area contributed by atoms with E-state index >= 15 is 0 Å². The number of hydrogen-bond acceptors (Lipinski definition) is 3. The van der Waals surface area contributed by atoms with E-state index in [0.29, 0.717) is 17.9 Å². The van der Waals surface area contributed by atoms with Gasteiger partial charge in [-0.1, -0.05) is 18.2 Å². The molecule has 0 aliphatic heterocycles. The molecule has 4 heteroatoms. The van der Waals surface area contributed by atoms with E-state index in [9.17, 15) is 9.59 Å². The molecular formula is C14H17NO3. The number of benzene rings is 1. The third-order valence-electron chi connectivity index (χ3n) is 2.45. The van der Waals surface area contributed by atoms with Crippen molar-refractivity contribution in [3.63, 3.8) is 0 Å². The molecule has 1 rings (SSSR count). The number of hydrogen-bond donors (Lipinski definition) is 1. The van der Waals surface area contributed by atoms with Gasteiger partial charge in [0, 0.05) is 6.54 Å². The summed E-state index contributed by atoms with van der Waals surface area (Å²) in [6, 6.07) is 5.26. The van der Waals surface area contributed by atoms with Gasteiger partial charge in [-0.05, 0) is 25.5 Å². The predicted octanol–water partition coefficient (Wildman–Crippen LogP) is 1.88. The minimum atomic E-state index is -0.662. The first-order valence-electron chi connectivity index (χ1n) is 5.70. The standard InChI is InChI=1S/C14H17NO3/c1-4-8-15-14(17)11(3)18-13-10(2)6-5-7-12(13)9-16/h4-7,9,11H,1,8H2,2-3H3,(H,15,17). The van der Waals surface area contributed by atoms with Crippen LogP contribution in [0, 0.1) is 6.92 Å². The molecule has 1 amide bonds. The minimum Gasteiger partial charge on any atom is -0.480 e. The number of para-hydroxylation sites is 1. The molecular weight excluding hydrogens is 230 g/mol. The van der Waals surface area contributed by atoms with Crippen LogP contribution in [0.2, 0.25) is 0 Å². The Labute approximate surface area is 107 Å². The van der Waals surface area contributed by atoms with E-state index < -0.39 is 6.10 Å². The van der Waals surface area contributed by atoms with E-state index in [4.69, 9.17) is 4.74 Å². The van der Waals surface area contributed by atoms with Crippen molar-refractivity contribution in [3.8, 4) is 5.75 Å². The summed E-state index contributed by atoms with van der Waals surface area (Å²) in [6.07, 6.45) is 1.65. The van der Waals surface area contributed by atoms with Gasteiger partial charge in [0.25, 0.3) is 5.91 Å². The largest absolute Gasteiger partial charge is 0.480 e. The van der Waals surface area contributed by atoms with E-state index in [1.165, 1.54) is 0 Å². The summed E-state index contributed by atoms with van der Waals surface area (Å²) in [5.74, 6) is 0.212. The van der Waals surface area contributed by atoms with Gasteiger partial charge in [-0.25, -0.2) is 0 Å². The summed E-state index contributed by atoms with van der Waals surface area (Å²) >= 11 is 0. The fourth-order valence-electron chi connectivity index (χ4n) is 1.48. The van der Waals surface area contributed by atoms with Gasteiger partial charge in [-0.3, -0.25) is 9.59 Å². The average molecular weight is 247 g/mol. The number of aryl methyl sites for hydroxylation is 1. The first-order valence-corrected chi connectivity index (χ1v) is 5.70. The third kappa shape index (κ3) is 3.45. The topological polar surface area (TPSA) is 55.4 Å². The molecule has 0 radical (unpaired) electrons. The normalized spacial score (nSPS) is 11.4. The number of carbonyl (C=O) groups is 2. The average Bonchev–Trinajstić information content (AvgIpc) is 2.38. The lowest BCUT2D eigenvalue weighted by molar-refractivity contribution is -0.127. The summed E-state index contributed by atoms with van der Waals surface area (Å²) < 4.78 is 5.55. The molecule has 1 aromatic rings. The molecule has 0 saturated carbocycles. The zero-order chi connectivity index (χ0) is 13.5. The number of carbonyl (C=O) groups excluding carboxylic acids is 2. The Kier molecular flexibility index (Phi) is 5.11. The molecule has 0 bridgehead atoms. The summed E-state index contributed by atoms with van der Waals surface area (Å²) in [4.78, 5) is 22.6. The molecule has 0 heterocycles. The molecule has 0 aromatic heterocycles. The van der Waals surface area contributed by atoms with Crippen molar-refractivity contribution in [1.82, 2.24) is 5.32 Å². The summed E-state index contributed by atoms with van der Waals surface area (Å²) in [6.45, 7) is 7.37. The molecule has 0 fully saturated rings. The van der Waals surface area contributed by atoms with Crippen LogP contribution in [0.4, 0.5) is 0 Å². The quantitative estimate of drug-likeness (QED) is 0.617. The van der Waals surface area contributed by atoms with Gasteiger partial charge in [0.15, 0.2) is 12.4 Å². The number of aldehydes is 1. The number of ether oxygens (including phenoxy) is 1. The fourth-order valence-corrected chi connectivity index (χ4v) is 1.48. The van der Waals surface area contributed by atoms with Crippen molar-refractivity contribution in [3.05, 3.63) is 42.0 Å². The molecule has 0 spiro atoms. The summed E-state index contributed by atoms with van der Waals surface area (Å²) in [5.41, 5.74) is 1.27. The Morgan fingerprint density at radius 1 is 1.56 bits per heavy atom. The van der Waals surface area contributed by atoms with Gasteiger partial charge in [-0.2, -0.15) is 0 Å². The molecule has 1 N–H and O–H groups in total. The predicted molar refractivity (Wildman–Crippen MR) is 69.9 cm³/mol. The maximum atomic E-state index is 11.6. The fraction of sp³-hybridized carbons (Fsp3) is 0.286. The van der Waals surface area contributed by atoms with Crippen molar-refractivity contribution in [2.75, 3.05) is 6.54 Å². The Morgan fingerprint density at radius 2 is 2.28 bits per heavy atom. The van der Waals surface area contributed by atoms with Crippen LogP contribution in [0.1, 0.15) is 22.8 Å². The summed E-state index contributed by atoms with van der Waals surface area (Å²) in [5, 5.41) is 2.64. The molecule has 0 aliphatic rings. The molecule has 1 atom stereocenters. The maximum Gasteiger partial charge on any atom is 0.261 e. The second-order valence-corrected chi connectivity index (χ2v) is 3.91. The van der Waals surface area contributed by atoms with E-state index in [0.717, 1.165) is 11.8 Å². The summed E-state index contributed by atoms with van der Waals surface area (Å²) in [7, 11) is 0. The highest BCUT2D eigenvalue weighted by Crippen LogP contribution is 2.23. The second-order valence-electron chi connectivity index (χ2n) is 3.91. The van der Waals surface area contributed by atoms with Gasteiger partial charge < -0.3 is 10.1 Å². The third-order valence-corrected chi connectivity index (χ3v) is 2.45. The highest BCUT2D eigenvalue weighted by atomic mass is 16.5. The number of amides is 1. The lowest BCUT2D eigenvalue weighted by Gasteiger charge is -2.17. The van der Waals surface area contributed by atoms with Crippen LogP contribution in [0.3, 0.4) is 0 Å². The van der Waals surface area contributed by atoms with E-state index in [1.807, 2.05) is 13.0 Å². The maximum absolute atomic E-state index is 11.6. The molecule has 96 valence electrons. The van der Waals surface area contributed by atoms with Crippen LogP contribution in [-0.4, -0.2) is 24.8 Å². The van der Waals surface area contributed by atoms with Crippen LogP contribution in [0.15, 0.2) is 30.9 Å². The van der Waals surface area contributed by atoms with E-state index in [1.54, 1.807) is 25.1 Å². The molecule has 0 saturated heterocycles. The zero-order valence-corrected chi connectivity index (χ0v) is 10.6. The van der Waals surface area contributed by atoms with Crippen molar-refractivity contribution in [2.24, 2.45) is 0 Å². The molecule has 1 aromatic carbocycles. The number of rotatable bonds is 6. The Bertz CT molecular complexity index is 454. The lowest BCUT2D eigenvalue weighted by atomic mass is 10.1. The van der Waals surface area contributed by atoms with Gasteiger partial charge in [0.1, 0.15) is 5.75 Å². The van der Waals surface area contributed by atoms with Crippen LogP contribution < -0.4 is 10.1 Å². The molecule has 4 nitrogen and oxygen atoms in total. The minimum absolute atomic E-state index is 0.241. The van der Waals surface area contributed by atoms with Gasteiger partial charge in [0.05, 0.1) is 5.56 Å². The molecule has 0 aliphatic carbocycles. The molecule has 18 heavy (non-hydrogen) atoms. The van der Waals surface area contributed by atoms with Crippen LogP contribution in [0.5, 0.6) is 5.75 Å². The lowest BCUT2D eigenvalue weighted by Crippen LogP contribution is -2.36. The Morgan fingerprint density at radius 3 is 2.89 bits per heavy atom. The Balaban J connectivity index is 2.81. The van der Waals surface area contributed by atoms with E-state index in [-0.39, 0.29) is 5.91 Å².